The van der Waals surface area contributed by atoms with E-state index < -0.39 is 0 Å². The fourth-order valence-corrected chi connectivity index (χ4v) is 4.16. The summed E-state index contributed by atoms with van der Waals surface area (Å²) in [5.41, 5.74) is 4.22. The van der Waals surface area contributed by atoms with E-state index >= 15 is 0 Å². The molecule has 3 aromatic rings. The second kappa shape index (κ2) is 5.28. The van der Waals surface area contributed by atoms with Crippen molar-refractivity contribution in [1.29, 1.82) is 0 Å². The number of benzene rings is 2. The molecule has 4 heteroatoms. The Bertz CT molecular complexity index is 926. The molecule has 3 heterocycles. The minimum atomic E-state index is -0.196. The molecule has 1 unspecified atom stereocenters. The Balaban J connectivity index is 1.68. The molecular weight excluding hydrogens is 303 g/mol. The maximum Gasteiger partial charge on any atom is 0.123 e. The first-order valence-electron chi connectivity index (χ1n) is 8.32. The highest BCUT2D eigenvalue weighted by Gasteiger charge is 2.42. The summed E-state index contributed by atoms with van der Waals surface area (Å²) < 4.78 is 19.8. The van der Waals surface area contributed by atoms with Gasteiger partial charge in [0.25, 0.3) is 0 Å². The first kappa shape index (κ1) is 13.9. The zero-order valence-electron chi connectivity index (χ0n) is 13.1. The van der Waals surface area contributed by atoms with Gasteiger partial charge in [-0.25, -0.2) is 4.39 Å². The van der Waals surface area contributed by atoms with Crippen molar-refractivity contribution in [1.82, 2.24) is 4.98 Å². The Morgan fingerprint density at radius 2 is 2.08 bits per heavy atom. The van der Waals surface area contributed by atoms with Gasteiger partial charge in [-0.05, 0) is 42.3 Å². The zero-order chi connectivity index (χ0) is 16.1. The summed E-state index contributed by atoms with van der Waals surface area (Å²) in [6.45, 7) is 0.735. The number of aromatic nitrogens is 1. The molecule has 0 aliphatic carbocycles. The van der Waals surface area contributed by atoms with Crippen molar-refractivity contribution in [3.8, 4) is 0 Å². The predicted octanol–water partition coefficient (Wildman–Crippen LogP) is 4.62. The van der Waals surface area contributed by atoms with Gasteiger partial charge in [-0.2, -0.15) is 0 Å². The molecule has 5 rings (SSSR count). The number of hydrogen-bond donors (Lipinski definition) is 1. The molecule has 0 radical (unpaired) electrons. The summed E-state index contributed by atoms with van der Waals surface area (Å²) in [6.07, 6.45) is 2.81. The largest absolute Gasteiger partial charge is 0.378 e. The lowest BCUT2D eigenvalue weighted by Gasteiger charge is -2.37. The van der Waals surface area contributed by atoms with Crippen LogP contribution in [0.3, 0.4) is 0 Å². The minimum Gasteiger partial charge on any atom is -0.378 e. The van der Waals surface area contributed by atoms with Gasteiger partial charge < -0.3 is 10.1 Å². The smallest absolute Gasteiger partial charge is 0.123 e. The van der Waals surface area contributed by atoms with Crippen LogP contribution in [-0.4, -0.2) is 11.6 Å². The first-order chi connectivity index (χ1) is 11.8. The molecule has 1 saturated heterocycles. The third-order valence-electron chi connectivity index (χ3n) is 5.20. The van der Waals surface area contributed by atoms with E-state index in [1.807, 2.05) is 24.4 Å². The van der Waals surface area contributed by atoms with Crippen molar-refractivity contribution in [2.75, 3.05) is 11.9 Å². The first-order valence-corrected chi connectivity index (χ1v) is 8.32. The fraction of sp³-hybridized carbons (Fsp3) is 0.250. The van der Waals surface area contributed by atoms with Crippen LogP contribution in [0.25, 0.3) is 10.9 Å². The van der Waals surface area contributed by atoms with Gasteiger partial charge in [-0.3, -0.25) is 4.98 Å². The molecule has 1 aromatic heterocycles. The standard InChI is InChI=1S/C20H17FN2O/c21-13-4-1-3-12(11-13)19-15-8-10-24-20(15)18-14-5-2-9-22-16(14)6-7-17(18)23-19/h1-7,9,11,15,19-20,23H,8,10H2/t15-,19?,20-/m1/s1. The number of nitrogens with one attached hydrogen (secondary N) is 1. The van der Waals surface area contributed by atoms with Crippen molar-refractivity contribution in [2.24, 2.45) is 5.92 Å². The molecule has 3 atom stereocenters. The van der Waals surface area contributed by atoms with E-state index in [1.165, 1.54) is 11.6 Å². The van der Waals surface area contributed by atoms with E-state index in [9.17, 15) is 4.39 Å². The van der Waals surface area contributed by atoms with Crippen molar-refractivity contribution in [2.45, 2.75) is 18.6 Å². The van der Waals surface area contributed by atoms with Gasteiger partial charge in [0.1, 0.15) is 5.82 Å². The van der Waals surface area contributed by atoms with Crippen LogP contribution < -0.4 is 5.32 Å². The fourth-order valence-electron chi connectivity index (χ4n) is 4.16. The highest BCUT2D eigenvalue weighted by Crippen LogP contribution is 2.51. The number of ether oxygens (including phenoxy) is 1. The third-order valence-corrected chi connectivity index (χ3v) is 5.20. The van der Waals surface area contributed by atoms with Gasteiger partial charge >= 0.3 is 0 Å². The normalized spacial score (nSPS) is 25.1. The van der Waals surface area contributed by atoms with Crippen LogP contribution in [0.2, 0.25) is 0 Å². The Kier molecular flexibility index (Phi) is 3.06. The number of anilines is 1. The van der Waals surface area contributed by atoms with Gasteiger partial charge in [0, 0.05) is 35.4 Å². The highest BCUT2D eigenvalue weighted by molar-refractivity contribution is 5.88. The molecule has 120 valence electrons. The van der Waals surface area contributed by atoms with E-state index in [2.05, 4.69) is 22.4 Å². The Hall–Kier alpha value is -2.46. The lowest BCUT2D eigenvalue weighted by Crippen LogP contribution is -2.29. The summed E-state index contributed by atoms with van der Waals surface area (Å²) in [4.78, 5) is 4.46. The van der Waals surface area contributed by atoms with Crippen molar-refractivity contribution in [3.05, 3.63) is 71.7 Å². The van der Waals surface area contributed by atoms with Crippen LogP contribution in [0.15, 0.2) is 54.7 Å². The van der Waals surface area contributed by atoms with Crippen molar-refractivity contribution < 1.29 is 9.13 Å². The summed E-state index contributed by atoms with van der Waals surface area (Å²) in [5.74, 6) is 0.100. The Labute approximate surface area is 139 Å². The molecule has 0 spiro atoms. The van der Waals surface area contributed by atoms with Crippen LogP contribution in [0.4, 0.5) is 10.1 Å². The van der Waals surface area contributed by atoms with E-state index in [4.69, 9.17) is 4.74 Å². The third kappa shape index (κ3) is 2.03. The van der Waals surface area contributed by atoms with Crippen LogP contribution >= 0.6 is 0 Å². The number of nitrogens with zero attached hydrogens (tertiary/aromatic N) is 1. The maximum atomic E-state index is 13.7. The van der Waals surface area contributed by atoms with Gasteiger partial charge in [-0.1, -0.05) is 18.2 Å². The molecular formula is C20H17FN2O. The molecule has 24 heavy (non-hydrogen) atoms. The quantitative estimate of drug-likeness (QED) is 0.710. The van der Waals surface area contributed by atoms with Gasteiger partial charge in [0.15, 0.2) is 0 Å². The average Bonchev–Trinajstić information content (AvgIpc) is 3.10. The topological polar surface area (TPSA) is 34.2 Å². The summed E-state index contributed by atoms with van der Waals surface area (Å²) in [5, 5.41) is 4.77. The molecule has 1 N–H and O–H groups in total. The van der Waals surface area contributed by atoms with E-state index in [1.54, 1.807) is 12.1 Å². The minimum absolute atomic E-state index is 0.0300. The van der Waals surface area contributed by atoms with E-state index in [-0.39, 0.29) is 18.0 Å². The monoisotopic (exact) mass is 320 g/mol. The Morgan fingerprint density at radius 1 is 1.12 bits per heavy atom. The average molecular weight is 320 g/mol. The van der Waals surface area contributed by atoms with E-state index in [0.717, 1.165) is 35.2 Å². The Morgan fingerprint density at radius 3 is 3.00 bits per heavy atom. The van der Waals surface area contributed by atoms with E-state index in [0.29, 0.717) is 5.92 Å². The molecule has 0 bridgehead atoms. The summed E-state index contributed by atoms with van der Waals surface area (Å²) in [6, 6.07) is 15.1. The second-order valence-electron chi connectivity index (χ2n) is 6.52. The summed E-state index contributed by atoms with van der Waals surface area (Å²) in [7, 11) is 0. The zero-order valence-corrected chi connectivity index (χ0v) is 13.1. The number of rotatable bonds is 1. The van der Waals surface area contributed by atoms with Gasteiger partial charge in [-0.15, -0.1) is 0 Å². The SMILES string of the molecule is Fc1cccc(C2Nc3ccc4ncccc4c3[C@@H]3OCC[C@H]23)c1. The maximum absolute atomic E-state index is 13.7. The number of hydrogen-bond acceptors (Lipinski definition) is 3. The molecule has 0 amide bonds. The second-order valence-corrected chi connectivity index (χ2v) is 6.52. The number of pyridine rings is 1. The van der Waals surface area contributed by atoms with Crippen molar-refractivity contribution >= 4 is 16.6 Å². The van der Waals surface area contributed by atoms with Crippen LogP contribution in [0, 0.1) is 11.7 Å². The van der Waals surface area contributed by atoms with Crippen molar-refractivity contribution in [3.63, 3.8) is 0 Å². The van der Waals surface area contributed by atoms with Crippen LogP contribution in [0.5, 0.6) is 0 Å². The predicted molar refractivity (Wildman–Crippen MR) is 91.3 cm³/mol. The molecule has 1 fully saturated rings. The number of halogens is 1. The highest BCUT2D eigenvalue weighted by atomic mass is 19.1. The lowest BCUT2D eigenvalue weighted by molar-refractivity contribution is 0.0841. The molecule has 3 nitrogen and oxygen atoms in total. The molecule has 2 aliphatic rings. The molecule has 2 aromatic carbocycles. The van der Waals surface area contributed by atoms with Crippen LogP contribution in [-0.2, 0) is 4.74 Å². The van der Waals surface area contributed by atoms with Crippen LogP contribution in [0.1, 0.15) is 29.7 Å². The lowest BCUT2D eigenvalue weighted by atomic mass is 9.80. The van der Waals surface area contributed by atoms with Gasteiger partial charge in [0.2, 0.25) is 0 Å². The summed E-state index contributed by atoms with van der Waals surface area (Å²) >= 11 is 0. The molecule has 2 aliphatic heterocycles. The van der Waals surface area contributed by atoms with Gasteiger partial charge in [0.05, 0.1) is 17.7 Å². The molecule has 0 saturated carbocycles. The number of fused-ring (bicyclic) bond motifs is 5.